The molecule has 1 aromatic carbocycles. The van der Waals surface area contributed by atoms with Crippen molar-refractivity contribution in [2.75, 3.05) is 5.75 Å². The lowest BCUT2D eigenvalue weighted by atomic mass is 10.1. The van der Waals surface area contributed by atoms with Crippen LogP contribution in [-0.4, -0.2) is 23.0 Å². The van der Waals surface area contributed by atoms with Crippen LogP contribution in [0.3, 0.4) is 0 Å². The lowest BCUT2D eigenvalue weighted by Gasteiger charge is -1.99. The SMILES string of the molecule is O=C1CSC(=NN=Cc2ccccc2CBr)N1. The average Bonchev–Trinajstić information content (AvgIpc) is 2.76. The van der Waals surface area contributed by atoms with E-state index in [2.05, 4.69) is 31.4 Å². The number of hydrogen-bond acceptors (Lipinski definition) is 4. The van der Waals surface area contributed by atoms with Gasteiger partial charge in [0.15, 0.2) is 5.17 Å². The number of amidine groups is 1. The second-order valence-corrected chi connectivity index (χ2v) is 4.84. The van der Waals surface area contributed by atoms with Gasteiger partial charge in [-0.2, -0.15) is 5.10 Å². The summed E-state index contributed by atoms with van der Waals surface area (Å²) in [6.07, 6.45) is 1.69. The van der Waals surface area contributed by atoms with E-state index in [-0.39, 0.29) is 5.91 Å². The third-order valence-electron chi connectivity index (χ3n) is 2.13. The van der Waals surface area contributed by atoms with Gasteiger partial charge in [0.1, 0.15) is 0 Å². The van der Waals surface area contributed by atoms with Crippen LogP contribution in [0.25, 0.3) is 0 Å². The van der Waals surface area contributed by atoms with Crippen LogP contribution in [0.2, 0.25) is 0 Å². The summed E-state index contributed by atoms with van der Waals surface area (Å²) in [5.41, 5.74) is 2.17. The number of halogens is 1. The number of amides is 1. The molecule has 17 heavy (non-hydrogen) atoms. The highest BCUT2D eigenvalue weighted by Crippen LogP contribution is 2.11. The molecular formula is C11H10BrN3OS. The topological polar surface area (TPSA) is 53.8 Å². The first-order valence-corrected chi connectivity index (χ1v) is 7.08. The van der Waals surface area contributed by atoms with Gasteiger partial charge in [-0.1, -0.05) is 52.0 Å². The first-order chi connectivity index (χ1) is 8.29. The van der Waals surface area contributed by atoms with Crippen LogP contribution in [0, 0.1) is 0 Å². The Kier molecular flexibility index (Phi) is 4.33. The van der Waals surface area contributed by atoms with Gasteiger partial charge in [-0.25, -0.2) is 0 Å². The minimum absolute atomic E-state index is 0.0233. The van der Waals surface area contributed by atoms with Crippen LogP contribution in [0.1, 0.15) is 11.1 Å². The van der Waals surface area contributed by atoms with Crippen molar-refractivity contribution in [1.29, 1.82) is 0 Å². The van der Waals surface area contributed by atoms with E-state index in [1.807, 2.05) is 24.3 Å². The molecule has 2 rings (SSSR count). The number of carbonyl (C=O) groups excluding carboxylic acids is 1. The molecule has 1 aliphatic heterocycles. The molecule has 0 radical (unpaired) electrons. The maximum absolute atomic E-state index is 10.9. The van der Waals surface area contributed by atoms with Crippen LogP contribution < -0.4 is 5.32 Å². The van der Waals surface area contributed by atoms with Gasteiger partial charge in [-0.15, -0.1) is 5.10 Å². The van der Waals surface area contributed by atoms with Crippen LogP contribution in [-0.2, 0) is 10.1 Å². The molecule has 0 saturated carbocycles. The van der Waals surface area contributed by atoms with E-state index in [9.17, 15) is 4.79 Å². The lowest BCUT2D eigenvalue weighted by Crippen LogP contribution is -2.19. The normalized spacial score (nSPS) is 17.9. The van der Waals surface area contributed by atoms with Crippen molar-refractivity contribution < 1.29 is 4.79 Å². The van der Waals surface area contributed by atoms with Crippen molar-refractivity contribution >= 4 is 45.0 Å². The van der Waals surface area contributed by atoms with Crippen molar-refractivity contribution in [3.63, 3.8) is 0 Å². The summed E-state index contributed by atoms with van der Waals surface area (Å²) in [6.45, 7) is 0. The van der Waals surface area contributed by atoms with Crippen LogP contribution in [0.5, 0.6) is 0 Å². The number of rotatable bonds is 3. The number of nitrogens with zero attached hydrogens (tertiary/aromatic N) is 2. The van der Waals surface area contributed by atoms with Crippen molar-refractivity contribution in [2.45, 2.75) is 5.33 Å². The highest BCUT2D eigenvalue weighted by atomic mass is 79.9. The van der Waals surface area contributed by atoms with Crippen LogP contribution in [0.4, 0.5) is 0 Å². The molecule has 1 N–H and O–H groups in total. The number of thioether (sulfide) groups is 1. The Morgan fingerprint density at radius 3 is 3.00 bits per heavy atom. The van der Waals surface area contributed by atoms with Gasteiger partial charge < -0.3 is 5.32 Å². The largest absolute Gasteiger partial charge is 0.303 e. The Morgan fingerprint density at radius 2 is 2.29 bits per heavy atom. The molecule has 0 atom stereocenters. The van der Waals surface area contributed by atoms with Gasteiger partial charge in [0.25, 0.3) is 0 Å². The molecule has 1 fully saturated rings. The van der Waals surface area contributed by atoms with Crippen molar-refractivity contribution in [1.82, 2.24) is 5.32 Å². The zero-order valence-corrected chi connectivity index (χ0v) is 11.3. The number of benzene rings is 1. The maximum Gasteiger partial charge on any atom is 0.236 e. The van der Waals surface area contributed by atoms with Crippen molar-refractivity contribution in [3.8, 4) is 0 Å². The van der Waals surface area contributed by atoms with E-state index in [1.165, 1.54) is 11.8 Å². The monoisotopic (exact) mass is 311 g/mol. The number of carbonyl (C=O) groups is 1. The van der Waals surface area contributed by atoms with E-state index >= 15 is 0 Å². The lowest BCUT2D eigenvalue weighted by molar-refractivity contribution is -0.116. The molecule has 0 aliphatic carbocycles. The van der Waals surface area contributed by atoms with Crippen LogP contribution in [0.15, 0.2) is 34.5 Å². The molecule has 88 valence electrons. The molecule has 1 aromatic rings. The summed E-state index contributed by atoms with van der Waals surface area (Å²) in [7, 11) is 0. The zero-order chi connectivity index (χ0) is 12.1. The molecule has 4 nitrogen and oxygen atoms in total. The fourth-order valence-corrected chi connectivity index (χ4v) is 2.45. The first-order valence-electron chi connectivity index (χ1n) is 4.97. The summed E-state index contributed by atoms with van der Waals surface area (Å²) in [5.74, 6) is 0.400. The second-order valence-electron chi connectivity index (χ2n) is 3.32. The molecule has 0 aromatic heterocycles. The quantitative estimate of drug-likeness (QED) is 0.528. The van der Waals surface area contributed by atoms with E-state index in [0.717, 1.165) is 16.5 Å². The van der Waals surface area contributed by atoms with E-state index in [1.54, 1.807) is 6.21 Å². The average molecular weight is 312 g/mol. The highest BCUT2D eigenvalue weighted by Gasteiger charge is 2.15. The predicted octanol–water partition coefficient (Wildman–Crippen LogP) is 2.13. The molecule has 0 unspecified atom stereocenters. The third kappa shape index (κ3) is 3.41. The van der Waals surface area contributed by atoms with Gasteiger partial charge in [0, 0.05) is 5.33 Å². The summed E-state index contributed by atoms with van der Waals surface area (Å²) in [6, 6.07) is 7.93. The molecule has 1 amide bonds. The molecule has 0 spiro atoms. The third-order valence-corrected chi connectivity index (χ3v) is 3.60. The number of nitrogens with one attached hydrogen (secondary N) is 1. The van der Waals surface area contributed by atoms with Gasteiger partial charge >= 0.3 is 0 Å². The zero-order valence-electron chi connectivity index (χ0n) is 8.89. The second kappa shape index (κ2) is 5.97. The summed E-state index contributed by atoms with van der Waals surface area (Å²) < 4.78 is 0. The standard InChI is InChI=1S/C11H10BrN3OS/c12-5-8-3-1-2-4-9(8)6-13-15-11-14-10(16)7-17-11/h1-4,6H,5,7H2,(H,14,15,16). The molecule has 1 heterocycles. The summed E-state index contributed by atoms with van der Waals surface area (Å²) in [4.78, 5) is 10.9. The highest BCUT2D eigenvalue weighted by molar-refractivity contribution is 9.08. The summed E-state index contributed by atoms with van der Waals surface area (Å²) in [5, 5.41) is 11.9. The van der Waals surface area contributed by atoms with Gasteiger partial charge in [0.2, 0.25) is 5.91 Å². The van der Waals surface area contributed by atoms with Gasteiger partial charge in [-0.3, -0.25) is 4.79 Å². The maximum atomic E-state index is 10.9. The van der Waals surface area contributed by atoms with Crippen molar-refractivity contribution in [2.24, 2.45) is 10.2 Å². The van der Waals surface area contributed by atoms with E-state index < -0.39 is 0 Å². The molecule has 0 bridgehead atoms. The predicted molar refractivity (Wildman–Crippen MR) is 74.7 cm³/mol. The Morgan fingerprint density at radius 1 is 1.47 bits per heavy atom. The molecular weight excluding hydrogens is 302 g/mol. The van der Waals surface area contributed by atoms with Crippen LogP contribution >= 0.6 is 27.7 Å². The number of hydrogen-bond donors (Lipinski definition) is 1. The Hall–Kier alpha value is -1.14. The van der Waals surface area contributed by atoms with Crippen molar-refractivity contribution in [3.05, 3.63) is 35.4 Å². The fraction of sp³-hybridized carbons (Fsp3) is 0.182. The van der Waals surface area contributed by atoms with Gasteiger partial charge in [-0.05, 0) is 11.1 Å². The van der Waals surface area contributed by atoms with E-state index in [4.69, 9.17) is 0 Å². The van der Waals surface area contributed by atoms with E-state index in [0.29, 0.717) is 10.9 Å². The summed E-state index contributed by atoms with van der Waals surface area (Å²) >= 11 is 4.78. The Bertz CT molecular complexity index is 487. The molecule has 6 heteroatoms. The molecule has 1 aliphatic rings. The smallest absolute Gasteiger partial charge is 0.236 e. The van der Waals surface area contributed by atoms with Gasteiger partial charge in [0.05, 0.1) is 12.0 Å². The number of alkyl halides is 1. The minimum atomic E-state index is -0.0233. The Labute approximate surface area is 112 Å². The fourth-order valence-electron chi connectivity index (χ4n) is 1.30. The molecule has 1 saturated heterocycles. The minimum Gasteiger partial charge on any atom is -0.303 e. The first kappa shape index (κ1) is 12.3. The Balaban J connectivity index is 2.07.